The van der Waals surface area contributed by atoms with Gasteiger partial charge in [0.25, 0.3) is 0 Å². The van der Waals surface area contributed by atoms with Crippen LogP contribution in [0.2, 0.25) is 0 Å². The maximum atomic E-state index is 13.4. The molecule has 0 saturated carbocycles. The number of aryl methyl sites for hydroxylation is 2. The van der Waals surface area contributed by atoms with Crippen LogP contribution >= 0.6 is 0 Å². The molecule has 0 amide bonds. The molecule has 5 nitrogen and oxygen atoms in total. The average molecular weight is 407 g/mol. The second kappa shape index (κ2) is 7.38. The molecule has 0 radical (unpaired) electrons. The third kappa shape index (κ3) is 3.53. The molecule has 1 aliphatic carbocycles. The number of methoxy groups -OCH3 is 2. The van der Waals surface area contributed by atoms with Gasteiger partial charge in [-0.15, -0.1) is 0 Å². The molecule has 0 spiro atoms. The zero-order valence-corrected chi connectivity index (χ0v) is 18.6. The highest BCUT2D eigenvalue weighted by Crippen LogP contribution is 2.47. The lowest BCUT2D eigenvalue weighted by Gasteiger charge is -2.34. The number of hydrogen-bond acceptors (Lipinski definition) is 5. The van der Waals surface area contributed by atoms with Crippen LogP contribution in [0, 0.1) is 19.3 Å². The summed E-state index contributed by atoms with van der Waals surface area (Å²) in [7, 11) is 3.30. The summed E-state index contributed by atoms with van der Waals surface area (Å²) in [6.07, 6.45) is 1.33. The number of nitrogens with one attached hydrogen (secondary N) is 2. The van der Waals surface area contributed by atoms with E-state index in [1.807, 2.05) is 18.2 Å². The highest BCUT2D eigenvalue weighted by molar-refractivity contribution is 6.01. The Bertz CT molecular complexity index is 1050. The molecule has 2 aromatic rings. The van der Waals surface area contributed by atoms with E-state index >= 15 is 0 Å². The van der Waals surface area contributed by atoms with Crippen molar-refractivity contribution in [2.75, 3.05) is 24.9 Å². The second-order valence-electron chi connectivity index (χ2n) is 9.13. The summed E-state index contributed by atoms with van der Waals surface area (Å²) in [6.45, 7) is 8.51. The molecule has 2 N–H and O–H groups in total. The van der Waals surface area contributed by atoms with Gasteiger partial charge in [-0.05, 0) is 67.1 Å². The molecule has 0 aromatic heterocycles. The van der Waals surface area contributed by atoms with E-state index in [9.17, 15) is 4.79 Å². The van der Waals surface area contributed by atoms with E-state index in [1.165, 1.54) is 11.1 Å². The Balaban J connectivity index is 1.95. The molecule has 0 saturated heterocycles. The van der Waals surface area contributed by atoms with Crippen LogP contribution in [-0.4, -0.2) is 20.0 Å². The Hall–Kier alpha value is -2.95. The average Bonchev–Trinajstić information content (AvgIpc) is 2.83. The van der Waals surface area contributed by atoms with Crippen LogP contribution in [0.25, 0.3) is 0 Å². The summed E-state index contributed by atoms with van der Waals surface area (Å²) < 4.78 is 11.2. The second-order valence-corrected chi connectivity index (χ2v) is 9.13. The molecular weight excluding hydrogens is 376 g/mol. The Labute approximate surface area is 178 Å². The van der Waals surface area contributed by atoms with Crippen LogP contribution < -0.4 is 20.1 Å². The molecule has 158 valence electrons. The fourth-order valence-electron chi connectivity index (χ4n) is 4.51. The summed E-state index contributed by atoms with van der Waals surface area (Å²) in [5.41, 5.74) is 6.97. The number of hydrogen-bond donors (Lipinski definition) is 2. The fourth-order valence-corrected chi connectivity index (χ4v) is 4.51. The first-order chi connectivity index (χ1) is 14.2. The third-order valence-corrected chi connectivity index (χ3v) is 6.18. The van der Waals surface area contributed by atoms with Gasteiger partial charge in [0, 0.05) is 23.3 Å². The number of ether oxygens (including phenoxy) is 2. The van der Waals surface area contributed by atoms with Crippen molar-refractivity contribution in [3.8, 4) is 11.5 Å². The molecule has 2 aromatic carbocycles. The van der Waals surface area contributed by atoms with Crippen molar-refractivity contribution in [1.82, 2.24) is 0 Å². The van der Waals surface area contributed by atoms with Crippen molar-refractivity contribution >= 4 is 17.2 Å². The van der Waals surface area contributed by atoms with Crippen LogP contribution in [0.5, 0.6) is 11.5 Å². The van der Waals surface area contributed by atoms with Crippen molar-refractivity contribution in [1.29, 1.82) is 0 Å². The monoisotopic (exact) mass is 406 g/mol. The number of anilines is 2. The van der Waals surface area contributed by atoms with E-state index in [1.54, 1.807) is 14.2 Å². The maximum absolute atomic E-state index is 13.4. The number of carbonyl (C=O) groups excluding carboxylic acids is 1. The van der Waals surface area contributed by atoms with Crippen molar-refractivity contribution in [3.63, 3.8) is 0 Å². The predicted octanol–water partition coefficient (Wildman–Crippen LogP) is 5.54. The van der Waals surface area contributed by atoms with Crippen LogP contribution in [0.3, 0.4) is 0 Å². The van der Waals surface area contributed by atoms with Crippen LogP contribution in [0.15, 0.2) is 41.6 Å². The molecular formula is C25H30N2O3. The van der Waals surface area contributed by atoms with Crippen LogP contribution in [0.4, 0.5) is 11.4 Å². The number of allylic oxidation sites excluding steroid dienone is 1. The molecule has 0 bridgehead atoms. The van der Waals surface area contributed by atoms with Gasteiger partial charge in [-0.2, -0.15) is 0 Å². The van der Waals surface area contributed by atoms with Crippen molar-refractivity contribution in [2.24, 2.45) is 5.41 Å². The molecule has 1 unspecified atom stereocenters. The zero-order valence-electron chi connectivity index (χ0n) is 18.6. The van der Waals surface area contributed by atoms with Gasteiger partial charge in [0.15, 0.2) is 5.78 Å². The van der Waals surface area contributed by atoms with Crippen molar-refractivity contribution in [2.45, 2.75) is 46.6 Å². The highest BCUT2D eigenvalue weighted by atomic mass is 16.5. The number of ketones is 1. The van der Waals surface area contributed by atoms with Gasteiger partial charge < -0.3 is 20.1 Å². The normalized spacial score (nSPS) is 19.8. The third-order valence-electron chi connectivity index (χ3n) is 6.18. The summed E-state index contributed by atoms with van der Waals surface area (Å²) in [6, 6.07) is 9.70. The lowest BCUT2D eigenvalue weighted by Crippen LogP contribution is -2.31. The summed E-state index contributed by atoms with van der Waals surface area (Å²) in [4.78, 5) is 13.4. The molecule has 30 heavy (non-hydrogen) atoms. The summed E-state index contributed by atoms with van der Waals surface area (Å²) >= 11 is 0. The van der Waals surface area contributed by atoms with E-state index in [-0.39, 0.29) is 17.2 Å². The van der Waals surface area contributed by atoms with Gasteiger partial charge in [-0.1, -0.05) is 13.8 Å². The first-order valence-corrected chi connectivity index (χ1v) is 10.4. The standard InChI is InChI=1S/C25H30N2O3/c1-14-9-18-19(10-15(14)2)27-24(17-11-16(29-5)7-8-22(17)30-6)23-20(26-18)12-25(3,4)13-21(23)28/h7-11,24,26-27H,12-13H2,1-6H3. The first kappa shape index (κ1) is 20.3. The predicted molar refractivity (Wildman–Crippen MR) is 120 cm³/mol. The molecule has 4 rings (SSSR count). The summed E-state index contributed by atoms with van der Waals surface area (Å²) in [5, 5.41) is 7.26. The highest BCUT2D eigenvalue weighted by Gasteiger charge is 2.39. The topological polar surface area (TPSA) is 59.6 Å². The van der Waals surface area contributed by atoms with E-state index < -0.39 is 0 Å². The minimum atomic E-state index is -0.329. The molecule has 5 heteroatoms. The smallest absolute Gasteiger partial charge is 0.163 e. The maximum Gasteiger partial charge on any atom is 0.163 e. The first-order valence-electron chi connectivity index (χ1n) is 10.4. The Kier molecular flexibility index (Phi) is 5.00. The van der Waals surface area contributed by atoms with Gasteiger partial charge in [-0.3, -0.25) is 4.79 Å². The minimum absolute atomic E-state index is 0.0871. The molecule has 1 atom stereocenters. The fraction of sp³-hybridized carbons (Fsp3) is 0.400. The zero-order chi connectivity index (χ0) is 21.6. The quantitative estimate of drug-likeness (QED) is 0.701. The van der Waals surface area contributed by atoms with E-state index in [0.29, 0.717) is 6.42 Å². The number of fused-ring (bicyclic) bond motifs is 1. The van der Waals surface area contributed by atoms with Crippen LogP contribution in [0.1, 0.15) is 49.4 Å². The minimum Gasteiger partial charge on any atom is -0.497 e. The molecule has 1 heterocycles. The number of carbonyl (C=O) groups is 1. The van der Waals surface area contributed by atoms with Gasteiger partial charge in [0.2, 0.25) is 0 Å². The molecule has 1 aliphatic heterocycles. The largest absolute Gasteiger partial charge is 0.497 e. The molecule has 2 aliphatic rings. The van der Waals surface area contributed by atoms with E-state index in [2.05, 4.69) is 50.5 Å². The Morgan fingerprint density at radius 1 is 0.967 bits per heavy atom. The van der Waals surface area contributed by atoms with Gasteiger partial charge in [0.05, 0.1) is 31.6 Å². The van der Waals surface area contributed by atoms with Gasteiger partial charge >= 0.3 is 0 Å². The van der Waals surface area contributed by atoms with Gasteiger partial charge in [-0.25, -0.2) is 0 Å². The SMILES string of the molecule is COc1ccc(OC)c(C2Nc3cc(C)c(C)cc3NC3=C2C(=O)CC(C)(C)C3)c1. The van der Waals surface area contributed by atoms with Crippen molar-refractivity contribution < 1.29 is 14.3 Å². The number of benzene rings is 2. The lowest BCUT2D eigenvalue weighted by molar-refractivity contribution is -0.118. The van der Waals surface area contributed by atoms with Crippen LogP contribution in [-0.2, 0) is 4.79 Å². The molecule has 0 fully saturated rings. The lowest BCUT2D eigenvalue weighted by atomic mass is 9.73. The van der Waals surface area contributed by atoms with E-state index in [0.717, 1.165) is 46.1 Å². The Morgan fingerprint density at radius 2 is 1.67 bits per heavy atom. The van der Waals surface area contributed by atoms with Gasteiger partial charge in [0.1, 0.15) is 11.5 Å². The van der Waals surface area contributed by atoms with E-state index in [4.69, 9.17) is 9.47 Å². The number of Topliss-reactive ketones (excluding diaryl/α,β-unsaturated/α-hetero) is 1. The Morgan fingerprint density at radius 3 is 2.33 bits per heavy atom. The van der Waals surface area contributed by atoms with Crippen molar-refractivity contribution in [3.05, 3.63) is 58.3 Å². The number of rotatable bonds is 3. The summed E-state index contributed by atoms with van der Waals surface area (Å²) in [5.74, 6) is 1.62.